The molecule has 90 valence electrons. The molecule has 0 saturated carbocycles. The van der Waals surface area contributed by atoms with Crippen molar-refractivity contribution in [2.75, 3.05) is 5.32 Å². The fourth-order valence-electron chi connectivity index (χ4n) is 1.23. The molecule has 0 spiro atoms. The average molecular weight is 232 g/mol. The summed E-state index contributed by atoms with van der Waals surface area (Å²) in [6.45, 7) is 1.46. The lowest BCUT2D eigenvalue weighted by Crippen LogP contribution is -2.07. The van der Waals surface area contributed by atoms with Crippen LogP contribution in [-0.2, 0) is 4.79 Å². The fraction of sp³-hybridized carbons (Fsp3) is 0.0833. The summed E-state index contributed by atoms with van der Waals surface area (Å²) in [5.41, 5.74) is 18.5. The molecule has 5 heteroatoms. The number of benzene rings is 1. The maximum atomic E-state index is 10.8. The number of carbonyl (C=O) groups is 1. The Morgan fingerprint density at radius 1 is 1.12 bits per heavy atom. The second kappa shape index (κ2) is 5.60. The number of amides is 1. The van der Waals surface area contributed by atoms with E-state index in [0.717, 1.165) is 11.3 Å². The van der Waals surface area contributed by atoms with Gasteiger partial charge in [-0.2, -0.15) is 0 Å². The van der Waals surface area contributed by atoms with E-state index in [2.05, 4.69) is 5.32 Å². The first-order valence-electron chi connectivity index (χ1n) is 5.05. The summed E-state index contributed by atoms with van der Waals surface area (Å²) in [5.74, 6) is 0.0860. The normalized spacial score (nSPS) is 10.8. The summed E-state index contributed by atoms with van der Waals surface area (Å²) >= 11 is 0. The quantitative estimate of drug-likeness (QED) is 0.575. The van der Waals surface area contributed by atoms with Gasteiger partial charge in [-0.1, -0.05) is 12.1 Å². The smallest absolute Gasteiger partial charge is 0.221 e. The number of allylic oxidation sites excluding steroid dienone is 2. The fourth-order valence-corrected chi connectivity index (χ4v) is 1.23. The highest BCUT2D eigenvalue weighted by atomic mass is 16.1. The molecular weight excluding hydrogens is 216 g/mol. The molecule has 0 aromatic heterocycles. The molecule has 0 heterocycles. The third-order valence-corrected chi connectivity index (χ3v) is 1.99. The zero-order chi connectivity index (χ0) is 12.8. The summed E-state index contributed by atoms with van der Waals surface area (Å²) in [6.07, 6.45) is 3.15. The molecule has 0 aliphatic carbocycles. The van der Waals surface area contributed by atoms with Crippen molar-refractivity contribution in [2.45, 2.75) is 6.92 Å². The van der Waals surface area contributed by atoms with E-state index in [1.54, 1.807) is 30.3 Å². The molecule has 1 rings (SSSR count). The Balaban J connectivity index is 2.84. The third kappa shape index (κ3) is 4.29. The molecule has 0 aliphatic heterocycles. The van der Waals surface area contributed by atoms with Gasteiger partial charge in [0.15, 0.2) is 0 Å². The molecule has 0 unspecified atom stereocenters. The van der Waals surface area contributed by atoms with Crippen LogP contribution in [0.2, 0.25) is 0 Å². The van der Waals surface area contributed by atoms with E-state index < -0.39 is 0 Å². The van der Waals surface area contributed by atoms with Crippen LogP contribution in [0, 0.1) is 0 Å². The Kier molecular flexibility index (Phi) is 4.16. The van der Waals surface area contributed by atoms with E-state index in [4.69, 9.17) is 17.2 Å². The Bertz CT molecular complexity index is 456. The minimum Gasteiger partial charge on any atom is -0.398 e. The molecule has 1 aromatic carbocycles. The van der Waals surface area contributed by atoms with Gasteiger partial charge in [0.25, 0.3) is 0 Å². The van der Waals surface area contributed by atoms with E-state index in [-0.39, 0.29) is 11.7 Å². The van der Waals surface area contributed by atoms with Crippen LogP contribution in [0.5, 0.6) is 0 Å². The largest absolute Gasteiger partial charge is 0.398 e. The van der Waals surface area contributed by atoms with E-state index in [1.807, 2.05) is 0 Å². The van der Waals surface area contributed by atoms with Gasteiger partial charge in [0, 0.05) is 18.3 Å². The molecule has 0 fully saturated rings. The van der Waals surface area contributed by atoms with Crippen LogP contribution in [-0.4, -0.2) is 5.91 Å². The second-order valence-corrected chi connectivity index (χ2v) is 3.55. The van der Waals surface area contributed by atoms with Gasteiger partial charge in [0.1, 0.15) is 0 Å². The van der Waals surface area contributed by atoms with Crippen LogP contribution in [0.4, 0.5) is 5.69 Å². The zero-order valence-corrected chi connectivity index (χ0v) is 9.60. The van der Waals surface area contributed by atoms with Crippen molar-refractivity contribution in [1.82, 2.24) is 0 Å². The first-order valence-corrected chi connectivity index (χ1v) is 5.05. The van der Waals surface area contributed by atoms with Gasteiger partial charge in [-0.3, -0.25) is 4.79 Å². The summed E-state index contributed by atoms with van der Waals surface area (Å²) in [5, 5.41) is 2.67. The van der Waals surface area contributed by atoms with E-state index >= 15 is 0 Å². The second-order valence-electron chi connectivity index (χ2n) is 3.55. The van der Waals surface area contributed by atoms with Gasteiger partial charge in [0.05, 0.1) is 5.82 Å². The lowest BCUT2D eigenvalue weighted by molar-refractivity contribution is -0.114. The Hall–Kier alpha value is -2.43. The van der Waals surface area contributed by atoms with Crippen LogP contribution in [0.25, 0.3) is 5.70 Å². The van der Waals surface area contributed by atoms with Crippen molar-refractivity contribution in [2.24, 2.45) is 17.2 Å². The summed E-state index contributed by atoms with van der Waals surface area (Å²) in [4.78, 5) is 10.8. The molecule has 17 heavy (non-hydrogen) atoms. The minimum atomic E-state index is -0.111. The highest BCUT2D eigenvalue weighted by Gasteiger charge is 1.98. The van der Waals surface area contributed by atoms with Gasteiger partial charge < -0.3 is 22.5 Å². The van der Waals surface area contributed by atoms with Gasteiger partial charge in [-0.05, 0) is 29.8 Å². The van der Waals surface area contributed by atoms with Gasteiger partial charge in [0.2, 0.25) is 5.91 Å². The minimum absolute atomic E-state index is 0.111. The Labute approximate surface area is 100.0 Å². The van der Waals surface area contributed by atoms with Crippen LogP contribution in [0.3, 0.4) is 0 Å². The highest BCUT2D eigenvalue weighted by Crippen LogP contribution is 2.14. The summed E-state index contributed by atoms with van der Waals surface area (Å²) < 4.78 is 0. The summed E-state index contributed by atoms with van der Waals surface area (Å²) in [7, 11) is 0. The van der Waals surface area contributed by atoms with E-state index in [9.17, 15) is 4.79 Å². The van der Waals surface area contributed by atoms with Crippen LogP contribution < -0.4 is 22.5 Å². The lowest BCUT2D eigenvalue weighted by atomic mass is 10.1. The van der Waals surface area contributed by atoms with Gasteiger partial charge in [-0.15, -0.1) is 0 Å². The third-order valence-electron chi connectivity index (χ3n) is 1.99. The molecule has 5 nitrogen and oxygen atoms in total. The molecule has 1 amide bonds. The van der Waals surface area contributed by atoms with Crippen LogP contribution in [0.1, 0.15) is 12.5 Å². The van der Waals surface area contributed by atoms with E-state index in [1.165, 1.54) is 13.0 Å². The zero-order valence-electron chi connectivity index (χ0n) is 9.60. The maximum Gasteiger partial charge on any atom is 0.221 e. The van der Waals surface area contributed by atoms with E-state index in [0.29, 0.717) is 5.70 Å². The van der Waals surface area contributed by atoms with Gasteiger partial charge in [-0.25, -0.2) is 0 Å². The van der Waals surface area contributed by atoms with Crippen molar-refractivity contribution in [3.8, 4) is 0 Å². The van der Waals surface area contributed by atoms with Crippen molar-refractivity contribution >= 4 is 17.3 Å². The topological polar surface area (TPSA) is 107 Å². The molecule has 1 aromatic rings. The molecule has 0 radical (unpaired) electrons. The van der Waals surface area contributed by atoms with Crippen molar-refractivity contribution < 1.29 is 4.79 Å². The molecule has 0 aliphatic rings. The highest BCUT2D eigenvalue weighted by molar-refractivity contribution is 5.88. The summed E-state index contributed by atoms with van der Waals surface area (Å²) in [6, 6.07) is 7.15. The molecule has 0 atom stereocenters. The first-order chi connectivity index (χ1) is 7.99. The van der Waals surface area contributed by atoms with Crippen molar-refractivity contribution in [1.29, 1.82) is 0 Å². The maximum absolute atomic E-state index is 10.8. The Morgan fingerprint density at radius 2 is 1.71 bits per heavy atom. The SMILES string of the molecule is CC(=O)Nc1ccc(/C(N)=C/C=C(N)N)cc1. The number of nitrogens with one attached hydrogen (secondary N) is 1. The molecule has 0 saturated heterocycles. The lowest BCUT2D eigenvalue weighted by Gasteiger charge is -2.04. The van der Waals surface area contributed by atoms with Crippen LogP contribution >= 0.6 is 0 Å². The number of carbonyl (C=O) groups excluding carboxylic acids is 1. The predicted molar refractivity (Wildman–Crippen MR) is 69.4 cm³/mol. The number of hydrogen-bond donors (Lipinski definition) is 4. The molecule has 7 N–H and O–H groups in total. The monoisotopic (exact) mass is 232 g/mol. The number of nitrogens with two attached hydrogens (primary N) is 3. The standard InChI is InChI=1S/C12H16N4O/c1-8(17)16-10-4-2-9(3-5-10)11(13)6-7-12(14)15/h2-7H,13-15H2,1H3,(H,16,17)/b11-6-. The average Bonchev–Trinajstić information content (AvgIpc) is 2.26. The molecular formula is C12H16N4O. The Morgan fingerprint density at radius 3 is 2.18 bits per heavy atom. The number of rotatable bonds is 3. The van der Waals surface area contributed by atoms with Crippen LogP contribution in [0.15, 0.2) is 42.2 Å². The predicted octanol–water partition coefficient (Wildman–Crippen LogP) is 0.703. The number of anilines is 1. The van der Waals surface area contributed by atoms with Gasteiger partial charge >= 0.3 is 0 Å². The molecule has 0 bridgehead atoms. The van der Waals surface area contributed by atoms with Crippen molar-refractivity contribution in [3.63, 3.8) is 0 Å². The van der Waals surface area contributed by atoms with Crippen molar-refractivity contribution in [3.05, 3.63) is 47.8 Å². The number of hydrogen-bond acceptors (Lipinski definition) is 4. The first kappa shape index (κ1) is 12.6.